The summed E-state index contributed by atoms with van der Waals surface area (Å²) in [5.41, 5.74) is 0.884. The van der Waals surface area contributed by atoms with Crippen LogP contribution in [0.5, 0.6) is 5.75 Å². The topological polar surface area (TPSA) is 77.3 Å². The first-order chi connectivity index (χ1) is 10.2. The number of pyridine rings is 1. The smallest absolute Gasteiger partial charge is 0.295 e. The average molecular weight is 287 g/mol. The van der Waals surface area contributed by atoms with Gasteiger partial charge in [-0.1, -0.05) is 19.1 Å². The molecule has 0 radical (unpaired) electrons. The lowest BCUT2D eigenvalue weighted by atomic mass is 10.1. The van der Waals surface area contributed by atoms with Gasteiger partial charge in [0.2, 0.25) is 0 Å². The first-order valence-corrected chi connectivity index (χ1v) is 6.72. The molecule has 0 aliphatic heterocycles. The molecule has 0 atom stereocenters. The van der Waals surface area contributed by atoms with Crippen molar-refractivity contribution in [3.63, 3.8) is 0 Å². The van der Waals surface area contributed by atoms with Crippen molar-refractivity contribution in [2.75, 3.05) is 19.0 Å². The Balaban J connectivity index is 2.56. The summed E-state index contributed by atoms with van der Waals surface area (Å²) < 4.78 is 5.67. The number of nitrogens with one attached hydrogen (secondary N) is 1. The number of benzene rings is 1. The molecule has 0 spiro atoms. The second kappa shape index (κ2) is 6.69. The molecule has 0 saturated heterocycles. The molecule has 0 aliphatic carbocycles. The minimum Gasteiger partial charge on any atom is -0.493 e. The summed E-state index contributed by atoms with van der Waals surface area (Å²) >= 11 is 0. The van der Waals surface area contributed by atoms with Crippen LogP contribution >= 0.6 is 0 Å². The SMILES string of the molecule is CCCOc1ccccc1-c1nc(NC)ccc1[N+](=O)[O-]. The van der Waals surface area contributed by atoms with Crippen LogP contribution in [0.1, 0.15) is 13.3 Å². The van der Waals surface area contributed by atoms with Gasteiger partial charge in [-0.05, 0) is 24.6 Å². The molecule has 0 amide bonds. The van der Waals surface area contributed by atoms with Crippen LogP contribution in [-0.4, -0.2) is 23.6 Å². The minimum atomic E-state index is -0.432. The highest BCUT2D eigenvalue weighted by Gasteiger charge is 2.20. The van der Waals surface area contributed by atoms with Gasteiger partial charge >= 0.3 is 0 Å². The average Bonchev–Trinajstić information content (AvgIpc) is 2.52. The van der Waals surface area contributed by atoms with Gasteiger partial charge in [-0.3, -0.25) is 10.1 Å². The maximum atomic E-state index is 11.2. The number of para-hydroxylation sites is 1. The van der Waals surface area contributed by atoms with E-state index >= 15 is 0 Å². The molecule has 2 rings (SSSR count). The Hall–Kier alpha value is -2.63. The lowest BCUT2D eigenvalue weighted by molar-refractivity contribution is -0.384. The Morgan fingerprint density at radius 3 is 2.71 bits per heavy atom. The van der Waals surface area contributed by atoms with Crippen LogP contribution in [-0.2, 0) is 0 Å². The summed E-state index contributed by atoms with van der Waals surface area (Å²) in [7, 11) is 1.72. The Bertz CT molecular complexity index is 644. The van der Waals surface area contributed by atoms with Crippen molar-refractivity contribution >= 4 is 11.5 Å². The molecule has 21 heavy (non-hydrogen) atoms. The zero-order valence-corrected chi connectivity index (χ0v) is 12.0. The first-order valence-electron chi connectivity index (χ1n) is 6.72. The zero-order valence-electron chi connectivity index (χ0n) is 12.0. The van der Waals surface area contributed by atoms with E-state index in [1.165, 1.54) is 6.07 Å². The standard InChI is InChI=1S/C15H17N3O3/c1-3-10-21-13-7-5-4-6-11(13)15-12(18(19)20)8-9-14(16-2)17-15/h4-9H,3,10H2,1-2H3,(H,16,17). The molecule has 6 heteroatoms. The van der Waals surface area contributed by atoms with Gasteiger partial charge in [0.25, 0.3) is 5.69 Å². The van der Waals surface area contributed by atoms with Gasteiger partial charge in [-0.2, -0.15) is 0 Å². The monoisotopic (exact) mass is 287 g/mol. The summed E-state index contributed by atoms with van der Waals surface area (Å²) in [4.78, 5) is 15.1. The number of nitro groups is 1. The maximum Gasteiger partial charge on any atom is 0.295 e. The summed E-state index contributed by atoms with van der Waals surface area (Å²) in [5.74, 6) is 1.17. The molecule has 0 aliphatic rings. The van der Waals surface area contributed by atoms with Crippen LogP contribution in [0, 0.1) is 10.1 Å². The van der Waals surface area contributed by atoms with E-state index in [0.717, 1.165) is 6.42 Å². The number of hydrogen-bond acceptors (Lipinski definition) is 5. The van der Waals surface area contributed by atoms with Gasteiger partial charge in [0, 0.05) is 18.7 Å². The number of rotatable bonds is 6. The van der Waals surface area contributed by atoms with E-state index in [-0.39, 0.29) is 5.69 Å². The quantitative estimate of drug-likeness (QED) is 0.650. The van der Waals surface area contributed by atoms with E-state index in [2.05, 4.69) is 10.3 Å². The van der Waals surface area contributed by atoms with Crippen molar-refractivity contribution < 1.29 is 9.66 Å². The highest BCUT2D eigenvalue weighted by atomic mass is 16.6. The number of nitrogens with zero attached hydrogens (tertiary/aromatic N) is 2. The molecule has 0 unspecified atom stereocenters. The van der Waals surface area contributed by atoms with Crippen LogP contribution in [0.25, 0.3) is 11.3 Å². The van der Waals surface area contributed by atoms with E-state index in [4.69, 9.17) is 4.74 Å². The predicted molar refractivity (Wildman–Crippen MR) is 81.7 cm³/mol. The number of ether oxygens (including phenoxy) is 1. The van der Waals surface area contributed by atoms with E-state index in [1.54, 1.807) is 25.2 Å². The normalized spacial score (nSPS) is 10.2. The summed E-state index contributed by atoms with van der Waals surface area (Å²) in [6.07, 6.45) is 0.862. The van der Waals surface area contributed by atoms with Crippen molar-refractivity contribution in [3.05, 3.63) is 46.5 Å². The highest BCUT2D eigenvalue weighted by Crippen LogP contribution is 2.35. The third-order valence-electron chi connectivity index (χ3n) is 2.93. The fourth-order valence-electron chi connectivity index (χ4n) is 1.94. The number of hydrogen-bond donors (Lipinski definition) is 1. The second-order valence-electron chi connectivity index (χ2n) is 4.42. The molecular formula is C15H17N3O3. The molecule has 0 saturated carbocycles. The van der Waals surface area contributed by atoms with Crippen LogP contribution in [0.15, 0.2) is 36.4 Å². The molecule has 0 fully saturated rings. The van der Waals surface area contributed by atoms with Gasteiger partial charge in [0.15, 0.2) is 5.69 Å². The first kappa shape index (κ1) is 14.8. The highest BCUT2D eigenvalue weighted by molar-refractivity contribution is 5.76. The van der Waals surface area contributed by atoms with E-state index in [0.29, 0.717) is 29.4 Å². The van der Waals surface area contributed by atoms with Gasteiger partial charge < -0.3 is 10.1 Å². The van der Waals surface area contributed by atoms with Crippen molar-refractivity contribution in [2.45, 2.75) is 13.3 Å². The van der Waals surface area contributed by atoms with Crippen molar-refractivity contribution in [3.8, 4) is 17.0 Å². The third-order valence-corrected chi connectivity index (χ3v) is 2.93. The summed E-state index contributed by atoms with van der Waals surface area (Å²) in [6.45, 7) is 2.56. The molecular weight excluding hydrogens is 270 g/mol. The molecule has 2 aromatic rings. The fourth-order valence-corrected chi connectivity index (χ4v) is 1.94. The summed E-state index contributed by atoms with van der Waals surface area (Å²) in [5, 5.41) is 14.1. The Kier molecular flexibility index (Phi) is 4.71. The van der Waals surface area contributed by atoms with E-state index in [9.17, 15) is 10.1 Å². The van der Waals surface area contributed by atoms with Gasteiger partial charge in [0.1, 0.15) is 11.6 Å². The third kappa shape index (κ3) is 3.28. The summed E-state index contributed by atoms with van der Waals surface area (Å²) in [6, 6.07) is 10.2. The second-order valence-corrected chi connectivity index (χ2v) is 4.42. The minimum absolute atomic E-state index is 0.0402. The van der Waals surface area contributed by atoms with Gasteiger partial charge in [-0.15, -0.1) is 0 Å². The fraction of sp³-hybridized carbons (Fsp3) is 0.267. The largest absolute Gasteiger partial charge is 0.493 e. The van der Waals surface area contributed by atoms with E-state index in [1.807, 2.05) is 19.1 Å². The number of anilines is 1. The Morgan fingerprint density at radius 2 is 2.05 bits per heavy atom. The predicted octanol–water partition coefficient (Wildman–Crippen LogP) is 3.49. The van der Waals surface area contributed by atoms with Gasteiger partial charge in [0.05, 0.1) is 11.5 Å². The molecule has 0 bridgehead atoms. The lowest BCUT2D eigenvalue weighted by Crippen LogP contribution is -2.01. The number of aromatic nitrogens is 1. The van der Waals surface area contributed by atoms with Crippen LogP contribution in [0.3, 0.4) is 0 Å². The van der Waals surface area contributed by atoms with Crippen LogP contribution < -0.4 is 10.1 Å². The van der Waals surface area contributed by atoms with Gasteiger partial charge in [-0.25, -0.2) is 4.98 Å². The molecule has 1 heterocycles. The lowest BCUT2D eigenvalue weighted by Gasteiger charge is -2.11. The molecule has 1 aromatic heterocycles. The molecule has 110 valence electrons. The molecule has 1 N–H and O–H groups in total. The zero-order chi connectivity index (χ0) is 15.2. The van der Waals surface area contributed by atoms with Crippen molar-refractivity contribution in [1.82, 2.24) is 4.98 Å². The molecule has 6 nitrogen and oxygen atoms in total. The van der Waals surface area contributed by atoms with Crippen molar-refractivity contribution in [2.24, 2.45) is 0 Å². The van der Waals surface area contributed by atoms with Crippen LogP contribution in [0.4, 0.5) is 11.5 Å². The maximum absolute atomic E-state index is 11.2. The Morgan fingerprint density at radius 1 is 1.29 bits per heavy atom. The molecule has 1 aromatic carbocycles. The van der Waals surface area contributed by atoms with Crippen LogP contribution in [0.2, 0.25) is 0 Å². The van der Waals surface area contributed by atoms with Crippen molar-refractivity contribution in [1.29, 1.82) is 0 Å². The Labute approximate surface area is 122 Å². The van der Waals surface area contributed by atoms with E-state index < -0.39 is 4.92 Å².